The molecule has 1 aliphatic heterocycles. The van der Waals surface area contributed by atoms with Crippen molar-refractivity contribution < 1.29 is 23.4 Å². The van der Waals surface area contributed by atoms with E-state index in [0.717, 1.165) is 11.1 Å². The van der Waals surface area contributed by atoms with Gasteiger partial charge in [0.1, 0.15) is 5.75 Å². The Bertz CT molecular complexity index is 596. The molecule has 2 atom stereocenters. The molecule has 0 aromatic heterocycles. The average Bonchev–Trinajstić information content (AvgIpc) is 2.41. The van der Waals surface area contributed by atoms with Gasteiger partial charge >= 0.3 is 5.97 Å². The number of benzene rings is 1. The predicted molar refractivity (Wildman–Crippen MR) is 75.5 cm³/mol. The summed E-state index contributed by atoms with van der Waals surface area (Å²) >= 11 is 0. The minimum atomic E-state index is -3.26. The number of hydrogen-bond donors (Lipinski definition) is 1. The third-order valence-electron chi connectivity index (χ3n) is 3.44. The standard InChI is InChI=1S/C14H15F2O3P/c1-7-3-4-9-5-10(13(17)18)12(14(15,16)6-20)19-11(9)8(7)2/h3-5,12H,6,20H2,1-2H3,(H,17,18). The van der Waals surface area contributed by atoms with Crippen LogP contribution in [0.25, 0.3) is 6.08 Å². The van der Waals surface area contributed by atoms with Crippen molar-refractivity contribution in [2.24, 2.45) is 0 Å². The molecule has 0 aliphatic carbocycles. The summed E-state index contributed by atoms with van der Waals surface area (Å²) in [6.07, 6.45) is -1.07. The fraction of sp³-hybridized carbons (Fsp3) is 0.357. The largest absolute Gasteiger partial charge is 0.478 e. The van der Waals surface area contributed by atoms with Crippen molar-refractivity contribution in [2.75, 3.05) is 6.16 Å². The molecule has 6 heteroatoms. The molecule has 3 nitrogen and oxygen atoms in total. The van der Waals surface area contributed by atoms with Crippen molar-refractivity contribution in [3.8, 4) is 5.75 Å². The van der Waals surface area contributed by atoms with Gasteiger partial charge in [0.15, 0.2) is 6.10 Å². The van der Waals surface area contributed by atoms with Gasteiger partial charge in [0.25, 0.3) is 5.92 Å². The molecule has 2 rings (SSSR count). The van der Waals surface area contributed by atoms with Crippen LogP contribution in [0.1, 0.15) is 16.7 Å². The summed E-state index contributed by atoms with van der Waals surface area (Å²) in [7, 11) is 1.93. The Morgan fingerprint density at radius 1 is 1.45 bits per heavy atom. The molecule has 0 radical (unpaired) electrons. The van der Waals surface area contributed by atoms with Crippen LogP contribution in [-0.4, -0.2) is 29.3 Å². The smallest absolute Gasteiger partial charge is 0.335 e. The molecule has 0 spiro atoms. The summed E-state index contributed by atoms with van der Waals surface area (Å²) < 4.78 is 33.2. The predicted octanol–water partition coefficient (Wildman–Crippen LogP) is 3.04. The molecule has 0 saturated heterocycles. The van der Waals surface area contributed by atoms with Gasteiger partial charge < -0.3 is 9.84 Å². The van der Waals surface area contributed by atoms with Gasteiger partial charge in [-0.25, -0.2) is 13.6 Å². The van der Waals surface area contributed by atoms with Crippen LogP contribution in [0.15, 0.2) is 17.7 Å². The third-order valence-corrected chi connectivity index (χ3v) is 3.98. The topological polar surface area (TPSA) is 46.5 Å². The van der Waals surface area contributed by atoms with E-state index in [-0.39, 0.29) is 0 Å². The van der Waals surface area contributed by atoms with Crippen molar-refractivity contribution in [3.63, 3.8) is 0 Å². The third kappa shape index (κ3) is 2.42. The Hall–Kier alpha value is -1.48. The van der Waals surface area contributed by atoms with Crippen LogP contribution >= 0.6 is 9.24 Å². The number of carboxylic acid groups (broad SMARTS) is 1. The van der Waals surface area contributed by atoms with E-state index in [4.69, 9.17) is 9.84 Å². The lowest BCUT2D eigenvalue weighted by atomic mass is 9.95. The van der Waals surface area contributed by atoms with E-state index >= 15 is 0 Å². The molecule has 2 unspecified atom stereocenters. The van der Waals surface area contributed by atoms with Crippen LogP contribution < -0.4 is 4.74 Å². The van der Waals surface area contributed by atoms with Gasteiger partial charge in [0.05, 0.1) is 5.57 Å². The fourth-order valence-corrected chi connectivity index (χ4v) is 2.31. The van der Waals surface area contributed by atoms with E-state index in [9.17, 15) is 13.6 Å². The lowest BCUT2D eigenvalue weighted by Crippen LogP contribution is -2.44. The van der Waals surface area contributed by atoms with Crippen molar-refractivity contribution in [2.45, 2.75) is 25.9 Å². The number of carboxylic acids is 1. The number of carbonyl (C=O) groups is 1. The molecule has 20 heavy (non-hydrogen) atoms. The minimum Gasteiger partial charge on any atom is -0.478 e. The summed E-state index contributed by atoms with van der Waals surface area (Å²) in [5.41, 5.74) is 1.74. The first kappa shape index (κ1) is 14.9. The number of hydrogen-bond acceptors (Lipinski definition) is 2. The highest BCUT2D eigenvalue weighted by molar-refractivity contribution is 7.16. The van der Waals surface area contributed by atoms with Gasteiger partial charge in [-0.05, 0) is 31.1 Å². The number of aryl methyl sites for hydroxylation is 1. The zero-order valence-corrected chi connectivity index (χ0v) is 12.3. The Morgan fingerprint density at radius 3 is 2.65 bits per heavy atom. The lowest BCUT2D eigenvalue weighted by molar-refractivity contribution is -0.136. The van der Waals surface area contributed by atoms with Gasteiger partial charge in [-0.2, -0.15) is 0 Å². The molecular weight excluding hydrogens is 285 g/mol. The SMILES string of the molecule is Cc1ccc2c(c1C)OC(C(F)(F)CP)C(C(=O)O)=C2. The van der Waals surface area contributed by atoms with E-state index in [1.165, 1.54) is 6.08 Å². The maximum atomic E-state index is 13.9. The number of halogens is 2. The lowest BCUT2D eigenvalue weighted by Gasteiger charge is -2.31. The van der Waals surface area contributed by atoms with E-state index in [1.54, 1.807) is 13.0 Å². The molecule has 0 amide bonds. The maximum Gasteiger partial charge on any atom is 0.335 e. The zero-order chi connectivity index (χ0) is 15.1. The van der Waals surface area contributed by atoms with E-state index in [0.29, 0.717) is 11.3 Å². The van der Waals surface area contributed by atoms with Gasteiger partial charge in [-0.3, -0.25) is 0 Å². The second-order valence-electron chi connectivity index (χ2n) is 4.79. The highest BCUT2D eigenvalue weighted by Gasteiger charge is 2.46. The van der Waals surface area contributed by atoms with Crippen LogP contribution in [-0.2, 0) is 4.79 Å². The highest BCUT2D eigenvalue weighted by Crippen LogP contribution is 2.39. The van der Waals surface area contributed by atoms with Gasteiger partial charge in [-0.1, -0.05) is 12.1 Å². The Labute approximate surface area is 117 Å². The van der Waals surface area contributed by atoms with Crippen LogP contribution in [0, 0.1) is 13.8 Å². The first-order valence-electron chi connectivity index (χ1n) is 6.07. The number of rotatable bonds is 3. The van der Waals surface area contributed by atoms with Crippen molar-refractivity contribution in [1.82, 2.24) is 0 Å². The second kappa shape index (κ2) is 5.13. The number of ether oxygens (including phenoxy) is 1. The second-order valence-corrected chi connectivity index (χ2v) is 5.20. The molecule has 1 N–H and O–H groups in total. The highest BCUT2D eigenvalue weighted by atomic mass is 31.0. The summed E-state index contributed by atoms with van der Waals surface area (Å²) in [6.45, 7) is 3.61. The first-order chi connectivity index (χ1) is 9.27. The Morgan fingerprint density at radius 2 is 2.10 bits per heavy atom. The van der Waals surface area contributed by atoms with Crippen molar-refractivity contribution in [1.29, 1.82) is 0 Å². The molecule has 1 aliphatic rings. The molecule has 108 valence electrons. The normalized spacial score (nSPS) is 18.1. The van der Waals surface area contributed by atoms with Crippen LogP contribution in [0.4, 0.5) is 8.78 Å². The Kier molecular flexibility index (Phi) is 3.83. The van der Waals surface area contributed by atoms with E-state index in [2.05, 4.69) is 0 Å². The summed E-state index contributed by atoms with van der Waals surface area (Å²) in [4.78, 5) is 11.2. The zero-order valence-electron chi connectivity index (χ0n) is 11.1. The van der Waals surface area contributed by atoms with Crippen molar-refractivity contribution >= 4 is 21.3 Å². The number of alkyl halides is 2. The van der Waals surface area contributed by atoms with Gasteiger partial charge in [0.2, 0.25) is 0 Å². The van der Waals surface area contributed by atoms with Crippen LogP contribution in [0.3, 0.4) is 0 Å². The van der Waals surface area contributed by atoms with Gasteiger partial charge in [-0.15, -0.1) is 9.24 Å². The fourth-order valence-electron chi connectivity index (χ4n) is 2.10. The molecule has 0 bridgehead atoms. The first-order valence-corrected chi connectivity index (χ1v) is 6.89. The van der Waals surface area contributed by atoms with Gasteiger partial charge in [0, 0.05) is 11.7 Å². The molecule has 1 aromatic rings. The molecule has 0 fully saturated rings. The van der Waals surface area contributed by atoms with E-state index in [1.807, 2.05) is 22.2 Å². The molecular formula is C14H15F2O3P. The molecule has 1 aromatic carbocycles. The summed E-state index contributed by atoms with van der Waals surface area (Å²) in [6, 6.07) is 3.48. The molecule has 1 heterocycles. The van der Waals surface area contributed by atoms with E-state index < -0.39 is 29.7 Å². The number of aliphatic carboxylic acids is 1. The number of fused-ring (bicyclic) bond motifs is 1. The minimum absolute atomic E-state index is 0.332. The summed E-state index contributed by atoms with van der Waals surface area (Å²) in [5, 5.41) is 9.13. The Balaban J connectivity index is 2.59. The quantitative estimate of drug-likeness (QED) is 0.873. The average molecular weight is 300 g/mol. The van der Waals surface area contributed by atoms with Crippen molar-refractivity contribution in [3.05, 3.63) is 34.4 Å². The maximum absolute atomic E-state index is 13.9. The monoisotopic (exact) mass is 300 g/mol. The molecule has 0 saturated carbocycles. The summed E-state index contributed by atoms with van der Waals surface area (Å²) in [5.74, 6) is -4.32. The van der Waals surface area contributed by atoms with Crippen LogP contribution in [0.2, 0.25) is 0 Å². The van der Waals surface area contributed by atoms with Crippen LogP contribution in [0.5, 0.6) is 5.75 Å².